The van der Waals surface area contributed by atoms with Crippen molar-refractivity contribution < 1.29 is 14.1 Å². The summed E-state index contributed by atoms with van der Waals surface area (Å²) in [5.41, 5.74) is 3.05. The minimum Gasteiger partial charge on any atom is -0.381 e. The van der Waals surface area contributed by atoms with Gasteiger partial charge in [-0.3, -0.25) is 0 Å². The summed E-state index contributed by atoms with van der Waals surface area (Å²) in [7, 11) is 0. The van der Waals surface area contributed by atoms with Gasteiger partial charge in [-0.05, 0) is 50.8 Å². The van der Waals surface area contributed by atoms with Crippen LogP contribution in [0.4, 0.5) is 10.5 Å². The highest BCUT2D eigenvalue weighted by atomic mass is 16.5. The van der Waals surface area contributed by atoms with Gasteiger partial charge in [0, 0.05) is 37.4 Å². The molecule has 0 radical (unpaired) electrons. The van der Waals surface area contributed by atoms with Gasteiger partial charge in [0.2, 0.25) is 5.89 Å². The predicted octanol–water partition coefficient (Wildman–Crippen LogP) is 3.42. The number of nitrogens with one attached hydrogen (secondary N) is 1. The predicted molar refractivity (Wildman–Crippen MR) is 101 cm³/mol. The summed E-state index contributed by atoms with van der Waals surface area (Å²) in [6.45, 7) is 8.57. The average Bonchev–Trinajstić information content (AvgIpc) is 3.23. The van der Waals surface area contributed by atoms with Crippen LogP contribution in [0.2, 0.25) is 0 Å². The molecule has 3 heterocycles. The van der Waals surface area contributed by atoms with Gasteiger partial charge in [0.05, 0.1) is 5.92 Å². The van der Waals surface area contributed by atoms with E-state index in [0.717, 1.165) is 29.7 Å². The van der Waals surface area contributed by atoms with E-state index in [9.17, 15) is 4.79 Å². The Bertz CT molecular complexity index is 842. The van der Waals surface area contributed by atoms with Crippen molar-refractivity contribution in [2.75, 3.05) is 31.6 Å². The smallest absolute Gasteiger partial charge is 0.321 e. The fraction of sp³-hybridized carbons (Fsp3) is 0.550. The summed E-state index contributed by atoms with van der Waals surface area (Å²) in [6, 6.07) is 5.88. The monoisotopic (exact) mass is 370 g/mol. The molecule has 2 aromatic rings. The number of anilines is 1. The maximum absolute atomic E-state index is 13.0. The van der Waals surface area contributed by atoms with Gasteiger partial charge in [-0.2, -0.15) is 4.98 Å². The van der Waals surface area contributed by atoms with E-state index in [1.54, 1.807) is 0 Å². The largest absolute Gasteiger partial charge is 0.381 e. The van der Waals surface area contributed by atoms with Crippen molar-refractivity contribution >= 4 is 11.7 Å². The zero-order valence-electron chi connectivity index (χ0n) is 16.1. The number of hydrogen-bond donors (Lipinski definition) is 1. The zero-order valence-corrected chi connectivity index (χ0v) is 16.1. The number of rotatable bonds is 2. The number of urea groups is 1. The van der Waals surface area contributed by atoms with Crippen molar-refractivity contribution in [1.82, 2.24) is 15.0 Å². The molecule has 1 spiro atoms. The van der Waals surface area contributed by atoms with Crippen LogP contribution < -0.4 is 5.32 Å². The van der Waals surface area contributed by atoms with Gasteiger partial charge >= 0.3 is 6.03 Å². The molecule has 0 saturated carbocycles. The maximum atomic E-state index is 13.0. The first kappa shape index (κ1) is 18.0. The molecule has 2 fully saturated rings. The molecule has 1 N–H and O–H groups in total. The molecule has 1 aromatic carbocycles. The molecule has 144 valence electrons. The van der Waals surface area contributed by atoms with E-state index >= 15 is 0 Å². The quantitative estimate of drug-likeness (QED) is 0.876. The highest BCUT2D eigenvalue weighted by Crippen LogP contribution is 2.49. The number of aryl methyl sites for hydroxylation is 2. The van der Waals surface area contributed by atoms with Crippen LogP contribution >= 0.6 is 0 Å². The SMILES string of the molecule is Cc1noc([C@@H]2CN(C(=O)Nc3cccc(C)c3C)CC23CCOCC3)n1. The van der Waals surface area contributed by atoms with Gasteiger partial charge in [0.25, 0.3) is 0 Å². The Hall–Kier alpha value is -2.41. The standard InChI is InChI=1S/C20H26N4O3/c1-13-5-4-6-17(14(13)2)22-19(25)24-11-16(18-21-15(3)23-27-18)20(12-24)7-9-26-10-8-20/h4-6,16H,7-12H2,1-3H3,(H,22,25)/t16-/m0/s1. The number of nitrogens with zero attached hydrogens (tertiary/aromatic N) is 3. The number of amides is 2. The van der Waals surface area contributed by atoms with E-state index in [1.807, 2.05) is 43.9 Å². The highest BCUT2D eigenvalue weighted by Gasteiger charge is 2.51. The fourth-order valence-corrected chi connectivity index (χ4v) is 4.28. The molecular weight excluding hydrogens is 344 g/mol. The third-order valence-corrected chi connectivity index (χ3v) is 6.11. The number of carbonyl (C=O) groups excluding carboxylic acids is 1. The Morgan fingerprint density at radius 1 is 1.26 bits per heavy atom. The summed E-state index contributed by atoms with van der Waals surface area (Å²) in [6.07, 6.45) is 1.79. The minimum absolute atomic E-state index is 0.0481. The first-order valence-corrected chi connectivity index (χ1v) is 9.49. The third kappa shape index (κ3) is 3.32. The van der Waals surface area contributed by atoms with Gasteiger partial charge in [-0.1, -0.05) is 17.3 Å². The van der Waals surface area contributed by atoms with Gasteiger partial charge in [0.15, 0.2) is 5.82 Å². The zero-order chi connectivity index (χ0) is 19.0. The summed E-state index contributed by atoms with van der Waals surface area (Å²) in [5, 5.41) is 7.04. The normalized spacial score (nSPS) is 21.6. The molecule has 1 atom stereocenters. The number of hydrogen-bond acceptors (Lipinski definition) is 5. The van der Waals surface area contributed by atoms with Crippen molar-refractivity contribution in [1.29, 1.82) is 0 Å². The van der Waals surface area contributed by atoms with Gasteiger partial charge in [-0.15, -0.1) is 0 Å². The van der Waals surface area contributed by atoms with Crippen molar-refractivity contribution in [2.24, 2.45) is 5.41 Å². The molecule has 27 heavy (non-hydrogen) atoms. The van der Waals surface area contributed by atoms with Crippen LogP contribution in [0, 0.1) is 26.2 Å². The van der Waals surface area contributed by atoms with E-state index in [4.69, 9.17) is 9.26 Å². The number of carbonyl (C=O) groups is 1. The lowest BCUT2D eigenvalue weighted by Crippen LogP contribution is -2.38. The first-order chi connectivity index (χ1) is 13.0. The Balaban J connectivity index is 1.57. The number of likely N-dealkylation sites (tertiary alicyclic amines) is 1. The lowest BCUT2D eigenvalue weighted by molar-refractivity contribution is 0.00959. The summed E-state index contributed by atoms with van der Waals surface area (Å²) < 4.78 is 11.1. The number of benzene rings is 1. The Morgan fingerprint density at radius 3 is 2.74 bits per heavy atom. The van der Waals surface area contributed by atoms with Gasteiger partial charge in [-0.25, -0.2) is 4.79 Å². The van der Waals surface area contributed by atoms with Crippen molar-refractivity contribution in [3.63, 3.8) is 0 Å². The summed E-state index contributed by atoms with van der Waals surface area (Å²) in [4.78, 5) is 19.4. The molecule has 1 aromatic heterocycles. The highest BCUT2D eigenvalue weighted by molar-refractivity contribution is 5.90. The van der Waals surface area contributed by atoms with E-state index in [0.29, 0.717) is 38.0 Å². The molecule has 7 nitrogen and oxygen atoms in total. The number of ether oxygens (including phenoxy) is 1. The van der Waals surface area contributed by atoms with E-state index in [1.165, 1.54) is 0 Å². The second-order valence-electron chi connectivity index (χ2n) is 7.77. The molecule has 2 aliphatic heterocycles. The van der Waals surface area contributed by atoms with Crippen LogP contribution in [-0.4, -0.2) is 47.4 Å². The number of aromatic nitrogens is 2. The maximum Gasteiger partial charge on any atom is 0.321 e. The van der Waals surface area contributed by atoms with E-state index < -0.39 is 0 Å². The topological polar surface area (TPSA) is 80.5 Å². The van der Waals surface area contributed by atoms with Crippen LogP contribution in [0.5, 0.6) is 0 Å². The summed E-state index contributed by atoms with van der Waals surface area (Å²) >= 11 is 0. The molecule has 2 aliphatic rings. The summed E-state index contributed by atoms with van der Waals surface area (Å²) in [5.74, 6) is 1.31. The molecule has 7 heteroatoms. The van der Waals surface area contributed by atoms with Crippen LogP contribution in [0.1, 0.15) is 41.6 Å². The van der Waals surface area contributed by atoms with Crippen LogP contribution in [-0.2, 0) is 4.74 Å². The molecule has 4 rings (SSSR count). The van der Waals surface area contributed by atoms with Crippen molar-refractivity contribution in [3.8, 4) is 0 Å². The van der Waals surface area contributed by atoms with E-state index in [2.05, 4.69) is 15.5 Å². The fourth-order valence-electron chi connectivity index (χ4n) is 4.28. The van der Waals surface area contributed by atoms with Crippen molar-refractivity contribution in [3.05, 3.63) is 41.0 Å². The molecule has 2 saturated heterocycles. The Kier molecular flexibility index (Phi) is 4.63. The van der Waals surface area contributed by atoms with Crippen LogP contribution in [0.25, 0.3) is 0 Å². The first-order valence-electron chi connectivity index (χ1n) is 9.49. The van der Waals surface area contributed by atoms with Gasteiger partial charge < -0.3 is 19.5 Å². The molecule has 0 bridgehead atoms. The van der Waals surface area contributed by atoms with Gasteiger partial charge in [0.1, 0.15) is 0 Å². The lowest BCUT2D eigenvalue weighted by atomic mass is 9.72. The average molecular weight is 370 g/mol. The van der Waals surface area contributed by atoms with Crippen LogP contribution in [0.3, 0.4) is 0 Å². The van der Waals surface area contributed by atoms with E-state index in [-0.39, 0.29) is 17.4 Å². The lowest BCUT2D eigenvalue weighted by Gasteiger charge is -2.36. The molecule has 0 aliphatic carbocycles. The minimum atomic E-state index is -0.0756. The molecule has 0 unspecified atom stereocenters. The molecule has 2 amide bonds. The Morgan fingerprint density at radius 2 is 2.04 bits per heavy atom. The molecular formula is C20H26N4O3. The second kappa shape index (κ2) is 6.96. The van der Waals surface area contributed by atoms with Crippen molar-refractivity contribution in [2.45, 2.75) is 39.5 Å². The second-order valence-corrected chi connectivity index (χ2v) is 7.77. The third-order valence-electron chi connectivity index (χ3n) is 6.11. The Labute approximate surface area is 159 Å². The van der Waals surface area contributed by atoms with Crippen LogP contribution in [0.15, 0.2) is 22.7 Å².